The molecule has 2 rings (SSSR count). The standard InChI is InChI=1S/C16H32N2O2S/c1-14-7-6-10-16(11-14,13-17)18(2)21(19,20)12-15-8-4-3-5-9-15/h14-15H,3-13,17H2,1-2H3. The van der Waals surface area contributed by atoms with Crippen LogP contribution < -0.4 is 5.73 Å². The molecular weight excluding hydrogens is 284 g/mol. The van der Waals surface area contributed by atoms with E-state index in [1.165, 1.54) is 25.7 Å². The Morgan fingerprint density at radius 3 is 2.38 bits per heavy atom. The van der Waals surface area contributed by atoms with Gasteiger partial charge in [0.1, 0.15) is 0 Å². The maximum absolute atomic E-state index is 12.8. The second-order valence-corrected chi connectivity index (χ2v) is 9.42. The molecule has 2 saturated carbocycles. The van der Waals surface area contributed by atoms with E-state index in [0.29, 0.717) is 24.1 Å². The molecule has 2 aliphatic rings. The Labute approximate surface area is 130 Å². The van der Waals surface area contributed by atoms with Gasteiger partial charge in [0.05, 0.1) is 5.75 Å². The van der Waals surface area contributed by atoms with Crippen molar-refractivity contribution in [2.75, 3.05) is 19.3 Å². The third-order valence-corrected chi connectivity index (χ3v) is 7.82. The summed E-state index contributed by atoms with van der Waals surface area (Å²) in [6.07, 6.45) is 9.86. The Morgan fingerprint density at radius 2 is 1.81 bits per heavy atom. The Kier molecular flexibility index (Phi) is 5.71. The number of nitrogens with two attached hydrogens (primary N) is 1. The van der Waals surface area contributed by atoms with E-state index < -0.39 is 10.0 Å². The molecule has 0 aromatic carbocycles. The minimum Gasteiger partial charge on any atom is -0.329 e. The average Bonchev–Trinajstić information content (AvgIpc) is 2.47. The van der Waals surface area contributed by atoms with E-state index in [1.807, 2.05) is 0 Å². The first-order valence-corrected chi connectivity index (χ1v) is 10.2. The topological polar surface area (TPSA) is 63.4 Å². The highest BCUT2D eigenvalue weighted by atomic mass is 32.2. The molecule has 0 aliphatic heterocycles. The molecule has 2 aliphatic carbocycles. The minimum atomic E-state index is -3.20. The SMILES string of the molecule is CC1CCCC(CN)(N(C)S(=O)(=O)CC2CCCCC2)C1. The highest BCUT2D eigenvalue weighted by Gasteiger charge is 2.43. The van der Waals surface area contributed by atoms with Crippen LogP contribution in [0.2, 0.25) is 0 Å². The van der Waals surface area contributed by atoms with Gasteiger partial charge in [-0.25, -0.2) is 8.42 Å². The van der Waals surface area contributed by atoms with Gasteiger partial charge in [0.15, 0.2) is 0 Å². The first-order valence-electron chi connectivity index (χ1n) is 8.56. The summed E-state index contributed by atoms with van der Waals surface area (Å²) in [4.78, 5) is 0. The number of sulfonamides is 1. The third-order valence-electron chi connectivity index (χ3n) is 5.70. The van der Waals surface area contributed by atoms with Crippen LogP contribution in [0.15, 0.2) is 0 Å². The van der Waals surface area contributed by atoms with Crippen molar-refractivity contribution < 1.29 is 8.42 Å². The van der Waals surface area contributed by atoms with E-state index in [2.05, 4.69) is 6.92 Å². The summed E-state index contributed by atoms with van der Waals surface area (Å²) in [5.74, 6) is 1.23. The van der Waals surface area contributed by atoms with Crippen LogP contribution in [0.1, 0.15) is 64.7 Å². The van der Waals surface area contributed by atoms with Crippen LogP contribution in [-0.2, 0) is 10.0 Å². The Bertz CT molecular complexity index is 432. The number of hydrogen-bond acceptors (Lipinski definition) is 3. The largest absolute Gasteiger partial charge is 0.329 e. The molecule has 0 amide bonds. The van der Waals surface area contributed by atoms with Gasteiger partial charge < -0.3 is 5.73 Å². The van der Waals surface area contributed by atoms with Gasteiger partial charge in [-0.1, -0.05) is 39.0 Å². The van der Waals surface area contributed by atoms with E-state index in [9.17, 15) is 8.42 Å². The lowest BCUT2D eigenvalue weighted by molar-refractivity contribution is 0.127. The zero-order valence-electron chi connectivity index (χ0n) is 13.7. The molecule has 2 N–H and O–H groups in total. The van der Waals surface area contributed by atoms with Crippen LogP contribution >= 0.6 is 0 Å². The third kappa shape index (κ3) is 3.99. The van der Waals surface area contributed by atoms with Crippen molar-refractivity contribution in [3.8, 4) is 0 Å². The van der Waals surface area contributed by atoms with Crippen molar-refractivity contribution in [3.63, 3.8) is 0 Å². The molecule has 0 aromatic heterocycles. The summed E-state index contributed by atoms with van der Waals surface area (Å²) in [6.45, 7) is 2.66. The lowest BCUT2D eigenvalue weighted by atomic mass is 9.76. The first-order chi connectivity index (χ1) is 9.89. The van der Waals surface area contributed by atoms with Gasteiger partial charge in [-0.2, -0.15) is 4.31 Å². The fraction of sp³-hybridized carbons (Fsp3) is 1.00. The van der Waals surface area contributed by atoms with Crippen molar-refractivity contribution in [2.24, 2.45) is 17.6 Å². The molecule has 0 bridgehead atoms. The van der Waals surface area contributed by atoms with Gasteiger partial charge in [-0.05, 0) is 37.5 Å². The second-order valence-electron chi connectivity index (χ2n) is 7.38. The summed E-state index contributed by atoms with van der Waals surface area (Å²) < 4.78 is 27.3. The molecular formula is C16H32N2O2S. The molecule has 0 heterocycles. The molecule has 4 nitrogen and oxygen atoms in total. The van der Waals surface area contributed by atoms with Crippen molar-refractivity contribution >= 4 is 10.0 Å². The van der Waals surface area contributed by atoms with E-state index >= 15 is 0 Å². The smallest absolute Gasteiger partial charge is 0.214 e. The van der Waals surface area contributed by atoms with Gasteiger partial charge in [-0.3, -0.25) is 0 Å². The lowest BCUT2D eigenvalue weighted by Crippen LogP contribution is -2.57. The lowest BCUT2D eigenvalue weighted by Gasteiger charge is -2.45. The zero-order valence-corrected chi connectivity index (χ0v) is 14.5. The van der Waals surface area contributed by atoms with Crippen LogP contribution in [-0.4, -0.2) is 37.6 Å². The summed E-state index contributed by atoms with van der Waals surface area (Å²) in [7, 11) is -1.43. The van der Waals surface area contributed by atoms with E-state index in [4.69, 9.17) is 5.73 Å². The van der Waals surface area contributed by atoms with Crippen LogP contribution in [0.4, 0.5) is 0 Å². The fourth-order valence-corrected chi connectivity index (χ4v) is 6.27. The number of hydrogen-bond donors (Lipinski definition) is 1. The highest BCUT2D eigenvalue weighted by Crippen LogP contribution is 2.37. The van der Waals surface area contributed by atoms with Crippen LogP contribution in [0, 0.1) is 11.8 Å². The van der Waals surface area contributed by atoms with Crippen LogP contribution in [0.5, 0.6) is 0 Å². The molecule has 21 heavy (non-hydrogen) atoms. The molecule has 5 heteroatoms. The number of nitrogens with zero attached hydrogens (tertiary/aromatic N) is 1. The van der Waals surface area contributed by atoms with Gasteiger partial charge in [0.25, 0.3) is 0 Å². The predicted octanol–water partition coefficient (Wildman–Crippen LogP) is 2.74. The summed E-state index contributed by atoms with van der Waals surface area (Å²) in [5, 5.41) is 0. The summed E-state index contributed by atoms with van der Waals surface area (Å²) >= 11 is 0. The summed E-state index contributed by atoms with van der Waals surface area (Å²) in [5.41, 5.74) is 5.68. The maximum atomic E-state index is 12.8. The van der Waals surface area contributed by atoms with Gasteiger partial charge in [0.2, 0.25) is 10.0 Å². The van der Waals surface area contributed by atoms with Crippen molar-refractivity contribution in [1.29, 1.82) is 0 Å². The molecule has 0 aromatic rings. The maximum Gasteiger partial charge on any atom is 0.214 e. The Balaban J connectivity index is 2.09. The quantitative estimate of drug-likeness (QED) is 0.848. The normalized spacial score (nSPS) is 32.5. The second kappa shape index (κ2) is 6.97. The van der Waals surface area contributed by atoms with Gasteiger partial charge in [-0.15, -0.1) is 0 Å². The molecule has 0 spiro atoms. The van der Waals surface area contributed by atoms with E-state index in [1.54, 1.807) is 11.4 Å². The monoisotopic (exact) mass is 316 g/mol. The number of likely N-dealkylation sites (N-methyl/N-ethyl adjacent to an activating group) is 1. The number of rotatable bonds is 5. The fourth-order valence-electron chi connectivity index (χ4n) is 4.29. The zero-order chi connectivity index (χ0) is 15.5. The van der Waals surface area contributed by atoms with Crippen LogP contribution in [0.3, 0.4) is 0 Å². The van der Waals surface area contributed by atoms with Crippen molar-refractivity contribution in [3.05, 3.63) is 0 Å². The summed E-state index contributed by atoms with van der Waals surface area (Å²) in [6, 6.07) is 0. The molecule has 2 fully saturated rings. The van der Waals surface area contributed by atoms with E-state index in [-0.39, 0.29) is 5.54 Å². The molecule has 0 radical (unpaired) electrons. The molecule has 2 atom stereocenters. The Morgan fingerprint density at radius 1 is 1.14 bits per heavy atom. The average molecular weight is 317 g/mol. The van der Waals surface area contributed by atoms with Gasteiger partial charge >= 0.3 is 0 Å². The van der Waals surface area contributed by atoms with Crippen molar-refractivity contribution in [2.45, 2.75) is 70.3 Å². The molecule has 124 valence electrons. The van der Waals surface area contributed by atoms with E-state index in [0.717, 1.165) is 32.1 Å². The van der Waals surface area contributed by atoms with Crippen molar-refractivity contribution in [1.82, 2.24) is 4.31 Å². The first kappa shape index (κ1) is 17.2. The Hall–Kier alpha value is -0.130. The highest BCUT2D eigenvalue weighted by molar-refractivity contribution is 7.89. The molecule has 0 saturated heterocycles. The van der Waals surface area contributed by atoms with Gasteiger partial charge in [0, 0.05) is 19.1 Å². The minimum absolute atomic E-state index is 0.319. The molecule has 2 unspecified atom stereocenters. The van der Waals surface area contributed by atoms with Crippen LogP contribution in [0.25, 0.3) is 0 Å². The predicted molar refractivity (Wildman–Crippen MR) is 87.5 cm³/mol.